The Bertz CT molecular complexity index is 720. The molecule has 0 radical (unpaired) electrons. The molecular weight excluding hydrogens is 314 g/mol. The summed E-state index contributed by atoms with van der Waals surface area (Å²) in [6.45, 7) is 6.33. The summed E-state index contributed by atoms with van der Waals surface area (Å²) in [5.74, 6) is -0.292. The predicted molar refractivity (Wildman–Crippen MR) is 98.9 cm³/mol. The Balaban J connectivity index is 1.93. The highest BCUT2D eigenvalue weighted by Gasteiger charge is 2.24. The summed E-state index contributed by atoms with van der Waals surface area (Å²) < 4.78 is 2.04. The minimum atomic E-state index is -0.544. The summed E-state index contributed by atoms with van der Waals surface area (Å²) in [6.07, 6.45) is 0.272. The molecule has 0 saturated heterocycles. The van der Waals surface area contributed by atoms with E-state index in [9.17, 15) is 9.59 Å². The van der Waals surface area contributed by atoms with Gasteiger partial charge in [-0.3, -0.25) is 9.59 Å². The number of amides is 2. The van der Waals surface area contributed by atoms with Crippen LogP contribution in [-0.4, -0.2) is 22.4 Å². The normalized spacial score (nSPS) is 12.0. The zero-order chi connectivity index (χ0) is 18.4. The topological polar surface area (TPSA) is 63.1 Å². The van der Waals surface area contributed by atoms with Crippen LogP contribution < -0.4 is 10.6 Å². The maximum Gasteiger partial charge on any atom is 0.243 e. The van der Waals surface area contributed by atoms with Gasteiger partial charge in [-0.1, -0.05) is 44.2 Å². The molecule has 0 aliphatic carbocycles. The lowest BCUT2D eigenvalue weighted by atomic mass is 10.0. The second-order valence-corrected chi connectivity index (χ2v) is 6.69. The van der Waals surface area contributed by atoms with E-state index in [0.29, 0.717) is 6.54 Å². The smallest absolute Gasteiger partial charge is 0.243 e. The molecule has 5 nitrogen and oxygen atoms in total. The van der Waals surface area contributed by atoms with Crippen LogP contribution in [-0.2, 0) is 29.6 Å². The van der Waals surface area contributed by atoms with E-state index >= 15 is 0 Å². The van der Waals surface area contributed by atoms with E-state index in [1.54, 1.807) is 0 Å². The Morgan fingerprint density at radius 1 is 1.08 bits per heavy atom. The quantitative estimate of drug-likeness (QED) is 0.812. The number of rotatable bonds is 7. The highest BCUT2D eigenvalue weighted by Crippen LogP contribution is 2.07. The Morgan fingerprint density at radius 2 is 1.76 bits per heavy atom. The van der Waals surface area contributed by atoms with Crippen molar-refractivity contribution in [1.82, 2.24) is 15.2 Å². The van der Waals surface area contributed by atoms with Gasteiger partial charge in [0.1, 0.15) is 6.04 Å². The van der Waals surface area contributed by atoms with Crippen molar-refractivity contribution in [3.8, 4) is 0 Å². The third-order valence-electron chi connectivity index (χ3n) is 4.39. The maximum absolute atomic E-state index is 12.5. The average Bonchev–Trinajstić information content (AvgIpc) is 2.90. The van der Waals surface area contributed by atoms with Gasteiger partial charge in [-0.05, 0) is 30.5 Å². The lowest BCUT2D eigenvalue weighted by molar-refractivity contribution is -0.129. The lowest BCUT2D eigenvalue weighted by Crippen LogP contribution is -2.50. The van der Waals surface area contributed by atoms with E-state index in [-0.39, 0.29) is 24.2 Å². The number of hydrogen-bond acceptors (Lipinski definition) is 2. The minimum Gasteiger partial charge on any atom is -0.350 e. The molecule has 25 heavy (non-hydrogen) atoms. The first-order valence-electron chi connectivity index (χ1n) is 8.60. The Morgan fingerprint density at radius 3 is 2.32 bits per heavy atom. The molecule has 0 fully saturated rings. The van der Waals surface area contributed by atoms with Crippen molar-refractivity contribution in [2.24, 2.45) is 13.0 Å². The summed E-state index contributed by atoms with van der Waals surface area (Å²) in [7, 11) is 1.97. The van der Waals surface area contributed by atoms with Gasteiger partial charge >= 0.3 is 0 Å². The van der Waals surface area contributed by atoms with Crippen LogP contribution in [0.4, 0.5) is 0 Å². The van der Waals surface area contributed by atoms with Crippen molar-refractivity contribution < 1.29 is 9.59 Å². The van der Waals surface area contributed by atoms with Crippen LogP contribution in [0.5, 0.6) is 0 Å². The molecule has 134 valence electrons. The van der Waals surface area contributed by atoms with Gasteiger partial charge in [0.05, 0.1) is 13.0 Å². The summed E-state index contributed by atoms with van der Waals surface area (Å²) >= 11 is 0. The molecule has 2 aromatic rings. The fourth-order valence-electron chi connectivity index (χ4n) is 2.67. The van der Waals surface area contributed by atoms with Crippen molar-refractivity contribution in [2.75, 3.05) is 0 Å². The van der Waals surface area contributed by atoms with Crippen LogP contribution in [0, 0.1) is 12.8 Å². The third kappa shape index (κ3) is 5.21. The molecule has 1 atom stereocenters. The second-order valence-electron chi connectivity index (χ2n) is 6.69. The maximum atomic E-state index is 12.5. The fourth-order valence-corrected chi connectivity index (χ4v) is 2.67. The lowest BCUT2D eigenvalue weighted by Gasteiger charge is -2.22. The molecule has 0 bridgehead atoms. The van der Waals surface area contributed by atoms with Crippen molar-refractivity contribution in [1.29, 1.82) is 0 Å². The summed E-state index contributed by atoms with van der Waals surface area (Å²) in [6, 6.07) is 13.0. The van der Waals surface area contributed by atoms with Gasteiger partial charge in [0, 0.05) is 18.4 Å². The van der Waals surface area contributed by atoms with Crippen LogP contribution in [0.15, 0.2) is 42.5 Å². The van der Waals surface area contributed by atoms with Gasteiger partial charge in [0.15, 0.2) is 0 Å². The highest BCUT2D eigenvalue weighted by molar-refractivity contribution is 5.88. The molecule has 2 rings (SSSR count). The van der Waals surface area contributed by atoms with Gasteiger partial charge in [0.2, 0.25) is 11.8 Å². The van der Waals surface area contributed by atoms with E-state index in [2.05, 4.69) is 10.6 Å². The molecule has 0 spiro atoms. The van der Waals surface area contributed by atoms with Gasteiger partial charge < -0.3 is 15.2 Å². The number of aromatic nitrogens is 1. The Labute approximate surface area is 149 Å². The summed E-state index contributed by atoms with van der Waals surface area (Å²) in [5, 5.41) is 5.79. The third-order valence-corrected chi connectivity index (χ3v) is 4.39. The molecule has 5 heteroatoms. The van der Waals surface area contributed by atoms with Gasteiger partial charge in [-0.2, -0.15) is 0 Å². The van der Waals surface area contributed by atoms with E-state index in [4.69, 9.17) is 0 Å². The number of nitrogens with zero attached hydrogens (tertiary/aromatic N) is 1. The van der Waals surface area contributed by atoms with Crippen LogP contribution in [0.2, 0.25) is 0 Å². The molecule has 1 heterocycles. The molecule has 1 aromatic heterocycles. The van der Waals surface area contributed by atoms with Crippen molar-refractivity contribution in [3.05, 3.63) is 59.4 Å². The first kappa shape index (κ1) is 18.8. The Hall–Kier alpha value is -2.56. The van der Waals surface area contributed by atoms with Crippen LogP contribution in [0.1, 0.15) is 30.8 Å². The average molecular weight is 341 g/mol. The molecule has 2 amide bonds. The standard InChI is InChI=1S/C20H27N3O2/c1-14(2)19(22-18(24)12-16-8-6-5-7-9-16)20(25)21-13-17-11-10-15(3)23(17)4/h5-11,14,19H,12-13H2,1-4H3,(H,21,25)(H,22,24). The molecule has 1 unspecified atom stereocenters. The summed E-state index contributed by atoms with van der Waals surface area (Å²) in [4.78, 5) is 24.8. The highest BCUT2D eigenvalue weighted by atomic mass is 16.2. The van der Waals surface area contributed by atoms with E-state index < -0.39 is 6.04 Å². The molecule has 0 aliphatic heterocycles. The SMILES string of the molecule is Cc1ccc(CNC(=O)C(NC(=O)Cc2ccccc2)C(C)C)n1C. The fraction of sp³-hybridized carbons (Fsp3) is 0.400. The van der Waals surface area contributed by atoms with Crippen LogP contribution in [0.25, 0.3) is 0 Å². The van der Waals surface area contributed by atoms with Crippen molar-refractivity contribution in [2.45, 2.75) is 39.8 Å². The monoisotopic (exact) mass is 341 g/mol. The van der Waals surface area contributed by atoms with Gasteiger partial charge in [0.25, 0.3) is 0 Å². The van der Waals surface area contributed by atoms with Crippen molar-refractivity contribution in [3.63, 3.8) is 0 Å². The van der Waals surface area contributed by atoms with Crippen molar-refractivity contribution >= 4 is 11.8 Å². The van der Waals surface area contributed by atoms with E-state index in [0.717, 1.165) is 17.0 Å². The number of hydrogen-bond donors (Lipinski definition) is 2. The second kappa shape index (κ2) is 8.51. The minimum absolute atomic E-state index is 0.00914. The zero-order valence-corrected chi connectivity index (χ0v) is 15.4. The number of nitrogens with one attached hydrogen (secondary N) is 2. The van der Waals surface area contributed by atoms with E-state index in [1.807, 2.05) is 74.9 Å². The summed E-state index contributed by atoms with van der Waals surface area (Å²) in [5.41, 5.74) is 3.10. The Kier molecular flexibility index (Phi) is 6.39. The molecule has 0 aliphatic rings. The number of aryl methyl sites for hydroxylation is 1. The first-order chi connectivity index (χ1) is 11.9. The largest absolute Gasteiger partial charge is 0.350 e. The molecular formula is C20H27N3O2. The number of carbonyl (C=O) groups excluding carboxylic acids is 2. The number of carbonyl (C=O) groups is 2. The van der Waals surface area contributed by atoms with Crippen LogP contribution >= 0.6 is 0 Å². The first-order valence-corrected chi connectivity index (χ1v) is 8.60. The van der Waals surface area contributed by atoms with Gasteiger partial charge in [-0.15, -0.1) is 0 Å². The molecule has 2 N–H and O–H groups in total. The zero-order valence-electron chi connectivity index (χ0n) is 15.4. The molecule has 1 aromatic carbocycles. The molecule has 0 saturated carbocycles. The van der Waals surface area contributed by atoms with Gasteiger partial charge in [-0.25, -0.2) is 0 Å². The predicted octanol–water partition coefficient (Wildman–Crippen LogP) is 2.33. The number of benzene rings is 1. The van der Waals surface area contributed by atoms with E-state index in [1.165, 1.54) is 0 Å². The van der Waals surface area contributed by atoms with Crippen LogP contribution in [0.3, 0.4) is 0 Å².